The van der Waals surface area contributed by atoms with E-state index in [1.165, 1.54) is 24.3 Å². The predicted molar refractivity (Wildman–Crippen MR) is 468 cm³/mol. The SMILES string of the molecule is CC[C@H](C)[C@H](NC(=O)[C@H](CCCNC(=N)N)NC(=O)CNC(=O)[C@H](CC(C)C)NC(=O)[C@@H](NC(=O)[C@H](Cc1c[nH]c2ccccc12)NC(=O)[C@H](Cc1ccc(O)cc1)NC(=O)CNC(=O)[C@H](CC(C)C)NC(=O)[C@@H](NC(=O)[C@H](CCC(=O)O)NC(=O)[C@@H](N)CC(C)C)C(C)C)C(C)C)C(=O)N[C@@H](Cc1ccccc1)C(=O)N[C@@H](CS)C(=O)N[C@@H](CC(=O)O)C(=O)O. The number of aliphatic carboxylic acids is 3. The molecule has 14 amide bonds. The van der Waals surface area contributed by atoms with Crippen molar-refractivity contribution in [2.75, 3.05) is 25.4 Å². The molecule has 4 aromatic rings. The first-order chi connectivity index (χ1) is 59.3. The summed E-state index contributed by atoms with van der Waals surface area (Å²) in [5.41, 5.74) is 13.7. The van der Waals surface area contributed by atoms with Crippen molar-refractivity contribution in [2.45, 2.75) is 239 Å². The number of rotatable bonds is 55. The molecule has 0 spiro atoms. The van der Waals surface area contributed by atoms with Crippen LogP contribution in [0.3, 0.4) is 0 Å². The van der Waals surface area contributed by atoms with Gasteiger partial charge in [0, 0.05) is 55.1 Å². The Balaban J connectivity index is 1.59. The number of carboxylic acid groups (broad SMARTS) is 3. The summed E-state index contributed by atoms with van der Waals surface area (Å²) < 4.78 is 0. The van der Waals surface area contributed by atoms with Crippen molar-refractivity contribution < 1.29 is 102 Å². The Morgan fingerprint density at radius 2 is 0.841 bits per heavy atom. The number of phenolic OH excluding ortho intramolecular Hbond substituents is 1. The molecule has 0 aliphatic carbocycles. The Hall–Kier alpha value is -12.4. The Bertz CT molecular complexity index is 4400. The molecular weight excluding hydrogens is 1660 g/mol. The van der Waals surface area contributed by atoms with Gasteiger partial charge >= 0.3 is 17.9 Å². The van der Waals surface area contributed by atoms with E-state index in [2.05, 4.69) is 97.4 Å². The second-order valence-electron chi connectivity index (χ2n) is 33.1. The van der Waals surface area contributed by atoms with Gasteiger partial charge in [-0.05, 0) is 109 Å². The Labute approximate surface area is 737 Å². The fraction of sp³-hybridized carbons (Fsp3) is 0.553. The van der Waals surface area contributed by atoms with Crippen molar-refractivity contribution in [1.29, 1.82) is 5.41 Å². The van der Waals surface area contributed by atoms with Crippen molar-refractivity contribution in [3.05, 3.63) is 102 Å². The number of fused-ring (bicyclic) bond motifs is 1. The number of phenols is 1. The number of H-pyrrole nitrogens is 1. The van der Waals surface area contributed by atoms with Crippen LogP contribution in [-0.4, -0.2) is 236 Å². The van der Waals surface area contributed by atoms with Gasteiger partial charge in [-0.25, -0.2) is 4.79 Å². The maximum atomic E-state index is 15.1. The number of aromatic nitrogens is 1. The van der Waals surface area contributed by atoms with E-state index in [4.69, 9.17) is 16.9 Å². The van der Waals surface area contributed by atoms with Gasteiger partial charge in [0.2, 0.25) is 82.7 Å². The van der Waals surface area contributed by atoms with Gasteiger partial charge in [-0.15, -0.1) is 0 Å². The van der Waals surface area contributed by atoms with E-state index in [0.29, 0.717) is 27.6 Å². The van der Waals surface area contributed by atoms with Crippen LogP contribution in [0.2, 0.25) is 0 Å². The van der Waals surface area contributed by atoms with Gasteiger partial charge in [0.1, 0.15) is 78.3 Å². The summed E-state index contributed by atoms with van der Waals surface area (Å²) in [4.78, 5) is 237. The fourth-order valence-electron chi connectivity index (χ4n) is 13.3. The van der Waals surface area contributed by atoms with Crippen LogP contribution in [0.1, 0.15) is 158 Å². The molecule has 0 bridgehead atoms. The number of guanidine groups is 1. The summed E-state index contributed by atoms with van der Waals surface area (Å²) in [5.74, 6) is -20.5. The molecule has 14 atom stereocenters. The Morgan fingerprint density at radius 1 is 0.429 bits per heavy atom. The minimum Gasteiger partial charge on any atom is -0.508 e. The average Bonchev–Trinajstić information content (AvgIpc) is 1.70. The average molecular weight is 1780 g/mol. The lowest BCUT2D eigenvalue weighted by molar-refractivity contribution is -0.147. The first kappa shape index (κ1) is 106. The van der Waals surface area contributed by atoms with Crippen LogP contribution in [-0.2, 0) is 101 Å². The van der Waals surface area contributed by atoms with E-state index in [9.17, 15) is 92.3 Å². The number of nitrogens with one attached hydrogen (secondary N) is 17. The third-order valence-corrected chi connectivity index (χ3v) is 20.6. The first-order valence-corrected chi connectivity index (χ1v) is 42.6. The number of aromatic amines is 1. The van der Waals surface area contributed by atoms with Crippen molar-refractivity contribution in [1.82, 2.24) is 84.7 Å². The number of carbonyl (C=O) groups is 17. The van der Waals surface area contributed by atoms with Crippen molar-refractivity contribution in [3.63, 3.8) is 0 Å². The van der Waals surface area contributed by atoms with E-state index in [-0.39, 0.29) is 94.3 Å². The molecule has 4 rings (SSSR count). The lowest BCUT2D eigenvalue weighted by atomic mass is 9.96. The molecule has 25 N–H and O–H groups in total. The maximum Gasteiger partial charge on any atom is 0.326 e. The second-order valence-corrected chi connectivity index (χ2v) is 33.5. The van der Waals surface area contributed by atoms with Crippen LogP contribution in [0.5, 0.6) is 5.75 Å². The van der Waals surface area contributed by atoms with Crippen LogP contribution in [0.15, 0.2) is 85.1 Å². The van der Waals surface area contributed by atoms with Crippen LogP contribution in [0.25, 0.3) is 10.9 Å². The number of thiol groups is 1. The molecule has 40 nitrogen and oxygen atoms in total. The van der Waals surface area contributed by atoms with E-state index >= 15 is 9.59 Å². The molecule has 694 valence electrons. The standard InChI is InChI=1S/C85H127N19O21S/c1-13-48(12)71(83(123)99-61(35-49-20-15-14-16-21-49)78(118)101-64(42-126)80(120)100-63(84(124)125)38-68(110)111)104-75(115)56(24-19-31-89-85(87)88)93-65(106)40-91-73(113)58(33-44(4)5)98-82(122)70(47(10)11)103-79(119)62(37-51-39-90-55-23-18-17-22-53(51)55)96-77(117)60(36-50-25-27-52(105)28-26-50)94-66(107)41-92-74(114)59(34-45(6)7)97-81(121)69(46(8)9)102-76(116)57(29-30-67(108)109)95-72(112)54(86)32-43(2)3/h14-18,20-23,25-28,39,43-48,54,56-64,69-71,90,105,126H,13,19,24,29-38,40-42,86H2,1-12H3,(H,91,113)(H,92,114)(H,93,106)(H,94,107)(H,95,112)(H,96,117)(H,97,121)(H,98,122)(H,99,123)(H,100,120)(H,101,118)(H,102,116)(H,103,119)(H,104,115)(H,108,109)(H,110,111)(H,124,125)(H4,87,88,89)/t48-,54-,56-,57-,58-,59-,60-,61-,62-,63-,64-,69-,70-,71-/m0/s1. The van der Waals surface area contributed by atoms with Gasteiger partial charge in [0.25, 0.3) is 0 Å². The van der Waals surface area contributed by atoms with E-state index in [1.54, 1.807) is 130 Å². The van der Waals surface area contributed by atoms with Gasteiger partial charge in [0.05, 0.1) is 25.6 Å². The molecule has 0 saturated carbocycles. The fourth-order valence-corrected chi connectivity index (χ4v) is 13.5. The summed E-state index contributed by atoms with van der Waals surface area (Å²) in [7, 11) is 0. The molecule has 126 heavy (non-hydrogen) atoms. The highest BCUT2D eigenvalue weighted by Crippen LogP contribution is 2.22. The van der Waals surface area contributed by atoms with Gasteiger partial charge < -0.3 is 117 Å². The minimum absolute atomic E-state index is 0.00543. The van der Waals surface area contributed by atoms with E-state index in [1.807, 2.05) is 13.8 Å². The van der Waals surface area contributed by atoms with Crippen LogP contribution >= 0.6 is 12.6 Å². The molecule has 0 saturated heterocycles. The Morgan fingerprint density at radius 3 is 1.33 bits per heavy atom. The third kappa shape index (κ3) is 37.2. The van der Waals surface area contributed by atoms with E-state index < -0.39 is 235 Å². The maximum absolute atomic E-state index is 15.1. The van der Waals surface area contributed by atoms with Gasteiger partial charge in [-0.3, -0.25) is 82.1 Å². The molecule has 0 aliphatic heterocycles. The summed E-state index contributed by atoms with van der Waals surface area (Å²) >= 11 is 4.15. The van der Waals surface area contributed by atoms with Crippen molar-refractivity contribution >= 4 is 130 Å². The highest BCUT2D eigenvalue weighted by atomic mass is 32.1. The lowest BCUT2D eigenvalue weighted by Gasteiger charge is -2.29. The first-order valence-electron chi connectivity index (χ1n) is 42.0. The third-order valence-electron chi connectivity index (χ3n) is 20.3. The second kappa shape index (κ2) is 53.0. The molecule has 3 aromatic carbocycles. The van der Waals surface area contributed by atoms with Crippen LogP contribution in [0, 0.1) is 40.9 Å². The summed E-state index contributed by atoms with van der Waals surface area (Å²) in [6, 6.07) is 2.28. The number of carbonyl (C=O) groups excluding carboxylic acids is 14. The van der Waals surface area contributed by atoms with Crippen molar-refractivity contribution in [2.24, 2.45) is 47.0 Å². The summed E-state index contributed by atoms with van der Waals surface area (Å²) in [5, 5.41) is 85.5. The zero-order valence-corrected chi connectivity index (χ0v) is 74.1. The van der Waals surface area contributed by atoms with Crippen LogP contribution < -0.4 is 91.2 Å². The molecule has 0 radical (unpaired) electrons. The lowest BCUT2D eigenvalue weighted by Crippen LogP contribution is -2.61. The number of hydrogen-bond acceptors (Lipinski definition) is 21. The quantitative estimate of drug-likeness (QED) is 0.0113. The number of nitrogens with two attached hydrogens (primary N) is 2. The Kier molecular flexibility index (Phi) is 44.6. The molecule has 1 aromatic heterocycles. The van der Waals surface area contributed by atoms with Gasteiger partial charge in [-0.2, -0.15) is 12.6 Å². The monoisotopic (exact) mass is 1780 g/mol. The largest absolute Gasteiger partial charge is 0.508 e. The molecule has 1 heterocycles. The van der Waals surface area contributed by atoms with Crippen LogP contribution in [0.4, 0.5) is 0 Å². The topological polar surface area (TPSA) is 643 Å². The van der Waals surface area contributed by atoms with Gasteiger partial charge in [0.15, 0.2) is 5.96 Å². The zero-order chi connectivity index (χ0) is 94.4. The highest BCUT2D eigenvalue weighted by molar-refractivity contribution is 7.80. The number of hydrogen-bond donors (Lipinski definition) is 24. The normalized spacial score (nSPS) is 14.6. The van der Waals surface area contributed by atoms with Crippen molar-refractivity contribution in [3.8, 4) is 5.75 Å². The molecule has 0 unspecified atom stereocenters. The number of benzene rings is 3. The zero-order valence-electron chi connectivity index (χ0n) is 73.2. The summed E-state index contributed by atoms with van der Waals surface area (Å²) in [6.45, 7) is 18.9. The van der Waals surface area contributed by atoms with E-state index in [0.717, 1.165) is 0 Å². The smallest absolute Gasteiger partial charge is 0.326 e. The predicted octanol–water partition coefficient (Wildman–Crippen LogP) is -0.608. The highest BCUT2D eigenvalue weighted by Gasteiger charge is 2.39. The minimum atomic E-state index is -1.88. The molecule has 0 aliphatic rings. The summed E-state index contributed by atoms with van der Waals surface area (Å²) in [6.07, 6.45) is -0.474. The van der Waals surface area contributed by atoms with Gasteiger partial charge in [-0.1, -0.05) is 150 Å². The number of para-hydroxylation sites is 1. The number of aromatic hydroxyl groups is 1. The molecular formula is C85H127N19O21S. The molecule has 41 heteroatoms. The molecule has 0 fully saturated rings. The number of carboxylic acids is 3. The number of amides is 14.